The lowest BCUT2D eigenvalue weighted by molar-refractivity contribution is -0.383. The van der Waals surface area contributed by atoms with Crippen LogP contribution in [-0.2, 0) is 0 Å². The minimum absolute atomic E-state index is 0.0512. The molecule has 0 aromatic heterocycles. The van der Waals surface area contributed by atoms with Gasteiger partial charge in [0.05, 0.1) is 4.92 Å². The number of nitrogen functional groups attached to an aromatic ring is 1. The first kappa shape index (κ1) is 11.9. The van der Waals surface area contributed by atoms with Crippen LogP contribution in [0, 0.1) is 22.5 Å². The van der Waals surface area contributed by atoms with Crippen LogP contribution >= 0.6 is 0 Å². The van der Waals surface area contributed by atoms with E-state index in [-0.39, 0.29) is 11.4 Å². The van der Waals surface area contributed by atoms with Gasteiger partial charge in [-0.25, -0.2) is 0 Å². The summed E-state index contributed by atoms with van der Waals surface area (Å²) < 4.78 is 5.43. The van der Waals surface area contributed by atoms with Crippen molar-refractivity contribution in [3.05, 3.63) is 28.3 Å². The molecule has 84 valence electrons. The molecule has 1 aromatic carbocycles. The highest BCUT2D eigenvalue weighted by Gasteiger charge is 2.18. The summed E-state index contributed by atoms with van der Waals surface area (Å²) in [6, 6.07) is 4.14. The maximum absolute atomic E-state index is 10.5. The first-order chi connectivity index (χ1) is 7.35. The molecule has 1 aromatic rings. The highest BCUT2D eigenvalue weighted by Crippen LogP contribution is 2.27. The summed E-state index contributed by atoms with van der Waals surface area (Å²) in [4.78, 5) is 9.98. The molecule has 0 fully saturated rings. The predicted octanol–water partition coefficient (Wildman–Crippen LogP) is 1.97. The molecule has 0 heterocycles. The minimum atomic E-state index is -0.775. The van der Waals surface area contributed by atoms with Gasteiger partial charge in [-0.2, -0.15) is 0 Å². The number of ether oxygens (including phenoxy) is 1. The van der Waals surface area contributed by atoms with Crippen molar-refractivity contribution in [3.63, 3.8) is 0 Å². The molecule has 5 nitrogen and oxygen atoms in total. The Morgan fingerprint density at radius 1 is 1.56 bits per heavy atom. The summed E-state index contributed by atoms with van der Waals surface area (Å²) in [7, 11) is 0. The number of hydrogen-bond acceptors (Lipinski definition) is 4. The lowest BCUT2D eigenvalue weighted by Gasteiger charge is -2.20. The fourth-order valence-corrected chi connectivity index (χ4v) is 1.09. The molecule has 0 aliphatic carbocycles. The van der Waals surface area contributed by atoms with Gasteiger partial charge < -0.3 is 10.5 Å². The van der Waals surface area contributed by atoms with Gasteiger partial charge in [-0.15, -0.1) is 6.42 Å². The Morgan fingerprint density at radius 2 is 2.19 bits per heavy atom. The summed E-state index contributed by atoms with van der Waals surface area (Å²) in [6.07, 6.45) is 5.26. The number of anilines is 1. The lowest BCUT2D eigenvalue weighted by Crippen LogP contribution is -2.25. The molecule has 0 atom stereocenters. The smallest absolute Gasteiger partial charge is 0.292 e. The molecule has 0 radical (unpaired) electrons. The van der Waals surface area contributed by atoms with E-state index in [4.69, 9.17) is 16.9 Å². The van der Waals surface area contributed by atoms with E-state index in [1.54, 1.807) is 13.8 Å². The minimum Gasteiger partial charge on any atom is -0.475 e. The Bertz CT molecular complexity index is 461. The second-order valence-corrected chi connectivity index (χ2v) is 3.73. The summed E-state index contributed by atoms with van der Waals surface area (Å²) >= 11 is 0. The van der Waals surface area contributed by atoms with Crippen molar-refractivity contribution in [1.29, 1.82) is 0 Å². The number of rotatable bonds is 3. The summed E-state index contributed by atoms with van der Waals surface area (Å²) in [5.41, 5.74) is 4.64. The lowest BCUT2D eigenvalue weighted by atomic mass is 10.1. The summed E-state index contributed by atoms with van der Waals surface area (Å²) in [6.45, 7) is 3.43. The summed E-state index contributed by atoms with van der Waals surface area (Å²) in [5, 5.41) is 10.5. The Balaban J connectivity index is 2.99. The van der Waals surface area contributed by atoms with Crippen molar-refractivity contribution >= 4 is 11.4 Å². The highest BCUT2D eigenvalue weighted by atomic mass is 16.6. The van der Waals surface area contributed by atoms with E-state index in [9.17, 15) is 10.1 Å². The molecule has 0 aliphatic rings. The van der Waals surface area contributed by atoms with Gasteiger partial charge in [0, 0.05) is 12.1 Å². The van der Waals surface area contributed by atoms with E-state index in [1.807, 2.05) is 0 Å². The standard InChI is InChI=1S/C11H12N2O3/c1-4-11(2,3)16-8-5-6-10(13(14)15)9(12)7-8/h1,5-7H,12H2,2-3H3. The zero-order chi connectivity index (χ0) is 12.3. The summed E-state index contributed by atoms with van der Waals surface area (Å²) in [5.74, 6) is 2.86. The third kappa shape index (κ3) is 2.64. The largest absolute Gasteiger partial charge is 0.475 e. The van der Waals surface area contributed by atoms with Gasteiger partial charge in [-0.3, -0.25) is 10.1 Å². The number of nitrogens with two attached hydrogens (primary N) is 1. The van der Waals surface area contributed by atoms with Crippen LogP contribution in [0.5, 0.6) is 5.75 Å². The van der Waals surface area contributed by atoms with E-state index in [1.165, 1.54) is 18.2 Å². The van der Waals surface area contributed by atoms with Crippen LogP contribution in [-0.4, -0.2) is 10.5 Å². The van der Waals surface area contributed by atoms with E-state index in [0.29, 0.717) is 5.75 Å². The van der Waals surface area contributed by atoms with E-state index >= 15 is 0 Å². The maximum Gasteiger partial charge on any atom is 0.292 e. The van der Waals surface area contributed by atoms with E-state index < -0.39 is 10.5 Å². The van der Waals surface area contributed by atoms with Crippen molar-refractivity contribution < 1.29 is 9.66 Å². The molecule has 1 rings (SSSR count). The fourth-order valence-electron chi connectivity index (χ4n) is 1.09. The molecule has 2 N–H and O–H groups in total. The molecule has 5 heteroatoms. The number of nitro benzene ring substituents is 1. The molecule has 0 saturated carbocycles. The maximum atomic E-state index is 10.5. The third-order valence-corrected chi connectivity index (χ3v) is 1.92. The molecule has 0 saturated heterocycles. The van der Waals surface area contributed by atoms with Crippen molar-refractivity contribution in [2.45, 2.75) is 19.4 Å². The van der Waals surface area contributed by atoms with Gasteiger partial charge >= 0.3 is 0 Å². The average molecular weight is 220 g/mol. The van der Waals surface area contributed by atoms with Gasteiger partial charge in [0.25, 0.3) is 5.69 Å². The van der Waals surface area contributed by atoms with Crippen LogP contribution in [0.4, 0.5) is 11.4 Å². The first-order valence-corrected chi connectivity index (χ1v) is 4.56. The van der Waals surface area contributed by atoms with Crippen LogP contribution in [0.15, 0.2) is 18.2 Å². The predicted molar refractivity (Wildman–Crippen MR) is 61.0 cm³/mol. The van der Waals surface area contributed by atoms with E-state index in [0.717, 1.165) is 0 Å². The van der Waals surface area contributed by atoms with Crippen LogP contribution in [0.3, 0.4) is 0 Å². The van der Waals surface area contributed by atoms with E-state index in [2.05, 4.69) is 5.92 Å². The normalized spacial score (nSPS) is 10.6. The zero-order valence-corrected chi connectivity index (χ0v) is 9.06. The molecule has 0 amide bonds. The Kier molecular flexibility index (Phi) is 3.04. The monoisotopic (exact) mass is 220 g/mol. The van der Waals surface area contributed by atoms with Crippen LogP contribution in [0.1, 0.15) is 13.8 Å². The molecular weight excluding hydrogens is 208 g/mol. The Morgan fingerprint density at radius 3 is 2.62 bits per heavy atom. The number of nitro groups is 1. The second kappa shape index (κ2) is 4.11. The quantitative estimate of drug-likeness (QED) is 0.365. The average Bonchev–Trinajstić information content (AvgIpc) is 2.16. The van der Waals surface area contributed by atoms with Gasteiger partial charge in [-0.05, 0) is 19.9 Å². The second-order valence-electron chi connectivity index (χ2n) is 3.73. The number of hydrogen-bond donors (Lipinski definition) is 1. The number of terminal acetylenes is 1. The zero-order valence-electron chi connectivity index (χ0n) is 9.06. The molecule has 0 unspecified atom stereocenters. The molecule has 0 bridgehead atoms. The third-order valence-electron chi connectivity index (χ3n) is 1.92. The van der Waals surface area contributed by atoms with Crippen molar-refractivity contribution in [2.75, 3.05) is 5.73 Å². The van der Waals surface area contributed by atoms with Crippen molar-refractivity contribution in [2.24, 2.45) is 0 Å². The van der Waals surface area contributed by atoms with Crippen LogP contribution in [0.25, 0.3) is 0 Å². The SMILES string of the molecule is C#CC(C)(C)Oc1ccc([N+](=O)[O-])c(N)c1. The number of nitrogens with zero attached hydrogens (tertiary/aromatic N) is 1. The van der Waals surface area contributed by atoms with Crippen LogP contribution < -0.4 is 10.5 Å². The molecular formula is C11H12N2O3. The molecule has 16 heavy (non-hydrogen) atoms. The Hall–Kier alpha value is -2.22. The fraction of sp³-hybridized carbons (Fsp3) is 0.273. The van der Waals surface area contributed by atoms with Crippen molar-refractivity contribution in [3.8, 4) is 18.1 Å². The van der Waals surface area contributed by atoms with Crippen molar-refractivity contribution in [1.82, 2.24) is 0 Å². The van der Waals surface area contributed by atoms with Gasteiger partial charge in [0.15, 0.2) is 5.60 Å². The van der Waals surface area contributed by atoms with Gasteiger partial charge in [0.2, 0.25) is 0 Å². The first-order valence-electron chi connectivity index (χ1n) is 4.56. The number of benzene rings is 1. The highest BCUT2D eigenvalue weighted by molar-refractivity contribution is 5.60. The Labute approximate surface area is 93.4 Å². The van der Waals surface area contributed by atoms with Gasteiger partial charge in [0.1, 0.15) is 11.4 Å². The molecule has 0 spiro atoms. The topological polar surface area (TPSA) is 78.4 Å². The van der Waals surface area contributed by atoms with Gasteiger partial charge in [-0.1, -0.05) is 5.92 Å². The van der Waals surface area contributed by atoms with Crippen LogP contribution in [0.2, 0.25) is 0 Å². The molecule has 0 aliphatic heterocycles.